The molecule has 0 fully saturated rings. The maximum absolute atomic E-state index is 12.8. The standard InChI is InChI=1S/C17H13ClN2O2S/c18-12-5-1-11(2-6-12)16(22)14-9-19-17(23)20-15(14)10-3-7-13(21)8-4-10/h1-9,15,21H,(H2,19,20,23). The topological polar surface area (TPSA) is 61.4 Å². The molecule has 4 nitrogen and oxygen atoms in total. The van der Waals surface area contributed by atoms with Gasteiger partial charge in [-0.25, -0.2) is 0 Å². The molecule has 0 bridgehead atoms. The van der Waals surface area contributed by atoms with E-state index in [1.54, 1.807) is 54.7 Å². The maximum Gasteiger partial charge on any atom is 0.192 e. The highest BCUT2D eigenvalue weighted by atomic mass is 35.5. The van der Waals surface area contributed by atoms with Crippen molar-refractivity contribution >= 4 is 34.7 Å². The number of carbonyl (C=O) groups excluding carboxylic acids is 1. The van der Waals surface area contributed by atoms with Gasteiger partial charge in [0.15, 0.2) is 10.9 Å². The number of carbonyl (C=O) groups is 1. The van der Waals surface area contributed by atoms with Crippen molar-refractivity contribution < 1.29 is 9.90 Å². The summed E-state index contributed by atoms with van der Waals surface area (Å²) in [6.07, 6.45) is 1.62. The summed E-state index contributed by atoms with van der Waals surface area (Å²) in [6, 6.07) is 13.0. The molecule has 1 aliphatic heterocycles. The first-order chi connectivity index (χ1) is 11.0. The summed E-state index contributed by atoms with van der Waals surface area (Å²) >= 11 is 11.0. The van der Waals surface area contributed by atoms with E-state index in [4.69, 9.17) is 23.8 Å². The molecule has 1 aliphatic rings. The third-order valence-corrected chi connectivity index (χ3v) is 4.03. The van der Waals surface area contributed by atoms with E-state index < -0.39 is 0 Å². The lowest BCUT2D eigenvalue weighted by Crippen LogP contribution is -2.42. The minimum absolute atomic E-state index is 0.123. The highest BCUT2D eigenvalue weighted by Gasteiger charge is 2.27. The number of rotatable bonds is 3. The van der Waals surface area contributed by atoms with Crippen LogP contribution < -0.4 is 10.6 Å². The van der Waals surface area contributed by atoms with Gasteiger partial charge in [0.1, 0.15) is 5.75 Å². The lowest BCUT2D eigenvalue weighted by Gasteiger charge is -2.27. The summed E-state index contributed by atoms with van der Waals surface area (Å²) in [7, 11) is 0. The Labute approximate surface area is 143 Å². The van der Waals surface area contributed by atoms with Gasteiger partial charge in [-0.1, -0.05) is 23.7 Å². The Hall–Kier alpha value is -2.37. The molecule has 6 heteroatoms. The molecule has 1 atom stereocenters. The zero-order valence-electron chi connectivity index (χ0n) is 11.9. The second-order valence-corrected chi connectivity index (χ2v) is 5.92. The Kier molecular flexibility index (Phi) is 4.32. The van der Waals surface area contributed by atoms with Gasteiger partial charge in [0.25, 0.3) is 0 Å². The lowest BCUT2D eigenvalue weighted by molar-refractivity contribution is 0.102. The molecule has 0 aromatic heterocycles. The molecule has 0 saturated carbocycles. The number of Topliss-reactive ketones (excluding diaryl/α,β-unsaturated/α-hetero) is 1. The molecule has 0 saturated heterocycles. The van der Waals surface area contributed by atoms with Gasteiger partial charge < -0.3 is 15.7 Å². The van der Waals surface area contributed by atoms with Crippen LogP contribution in [0.4, 0.5) is 0 Å². The number of aromatic hydroxyl groups is 1. The van der Waals surface area contributed by atoms with Crippen molar-refractivity contribution in [2.45, 2.75) is 6.04 Å². The van der Waals surface area contributed by atoms with Gasteiger partial charge in [0.2, 0.25) is 0 Å². The number of hydrogen-bond acceptors (Lipinski definition) is 3. The number of thiocarbonyl (C=S) groups is 1. The van der Waals surface area contributed by atoms with Gasteiger partial charge in [-0.05, 0) is 54.2 Å². The predicted octanol–water partition coefficient (Wildman–Crippen LogP) is 3.33. The number of hydrogen-bond donors (Lipinski definition) is 3. The van der Waals surface area contributed by atoms with Crippen LogP contribution in [0.5, 0.6) is 5.75 Å². The monoisotopic (exact) mass is 344 g/mol. The summed E-state index contributed by atoms with van der Waals surface area (Å²) in [5.74, 6) is 0.0436. The largest absolute Gasteiger partial charge is 0.508 e. The van der Waals surface area contributed by atoms with Crippen LogP contribution in [0, 0.1) is 0 Å². The second-order valence-electron chi connectivity index (χ2n) is 5.08. The third-order valence-electron chi connectivity index (χ3n) is 3.54. The van der Waals surface area contributed by atoms with Crippen molar-refractivity contribution in [3.63, 3.8) is 0 Å². The fourth-order valence-corrected chi connectivity index (χ4v) is 2.67. The molecule has 0 amide bonds. The summed E-state index contributed by atoms with van der Waals surface area (Å²) < 4.78 is 0. The van der Waals surface area contributed by atoms with Crippen molar-refractivity contribution in [2.24, 2.45) is 0 Å². The van der Waals surface area contributed by atoms with Crippen LogP contribution in [0.2, 0.25) is 5.02 Å². The molecule has 3 rings (SSSR count). The van der Waals surface area contributed by atoms with Crippen molar-refractivity contribution in [3.05, 3.63) is 76.5 Å². The van der Waals surface area contributed by atoms with Gasteiger partial charge in [0, 0.05) is 22.4 Å². The fourth-order valence-electron chi connectivity index (χ4n) is 2.37. The Morgan fingerprint density at radius 1 is 1.09 bits per heavy atom. The van der Waals surface area contributed by atoms with Gasteiger partial charge >= 0.3 is 0 Å². The molecule has 2 aromatic carbocycles. The molecular formula is C17H13ClN2O2S. The van der Waals surface area contributed by atoms with Gasteiger partial charge in [-0.3, -0.25) is 4.79 Å². The fraction of sp³-hybridized carbons (Fsp3) is 0.0588. The average Bonchev–Trinajstić information content (AvgIpc) is 2.55. The van der Waals surface area contributed by atoms with E-state index in [-0.39, 0.29) is 17.6 Å². The normalized spacial score (nSPS) is 17.0. The van der Waals surface area contributed by atoms with E-state index >= 15 is 0 Å². The van der Waals surface area contributed by atoms with Crippen LogP contribution in [0.1, 0.15) is 22.0 Å². The minimum atomic E-state index is -0.382. The molecular weight excluding hydrogens is 332 g/mol. The van der Waals surface area contributed by atoms with Crippen LogP contribution in [0.15, 0.2) is 60.3 Å². The quantitative estimate of drug-likeness (QED) is 0.589. The van der Waals surface area contributed by atoms with E-state index in [0.29, 0.717) is 21.3 Å². The molecule has 1 unspecified atom stereocenters. The average molecular weight is 345 g/mol. The summed E-state index contributed by atoms with van der Waals surface area (Å²) in [6.45, 7) is 0. The van der Waals surface area contributed by atoms with Crippen molar-refractivity contribution in [2.75, 3.05) is 0 Å². The highest BCUT2D eigenvalue weighted by molar-refractivity contribution is 7.80. The van der Waals surface area contributed by atoms with E-state index in [2.05, 4.69) is 10.6 Å². The number of ketones is 1. The van der Waals surface area contributed by atoms with Crippen LogP contribution in [-0.2, 0) is 0 Å². The number of nitrogens with one attached hydrogen (secondary N) is 2. The Balaban J connectivity index is 1.97. The number of halogens is 1. The SMILES string of the molecule is O=C(C1=CNC(=S)NC1c1ccc(O)cc1)c1ccc(Cl)cc1. The van der Waals surface area contributed by atoms with Crippen LogP contribution in [-0.4, -0.2) is 16.0 Å². The smallest absolute Gasteiger partial charge is 0.192 e. The van der Waals surface area contributed by atoms with Crippen LogP contribution in [0.3, 0.4) is 0 Å². The third kappa shape index (κ3) is 3.36. The zero-order valence-corrected chi connectivity index (χ0v) is 13.5. The summed E-state index contributed by atoms with van der Waals surface area (Å²) in [4.78, 5) is 12.8. The molecule has 116 valence electrons. The Morgan fingerprint density at radius 3 is 2.39 bits per heavy atom. The summed E-state index contributed by atoms with van der Waals surface area (Å²) in [5, 5.41) is 16.4. The maximum atomic E-state index is 12.8. The first-order valence-electron chi connectivity index (χ1n) is 6.91. The van der Waals surface area contributed by atoms with Crippen molar-refractivity contribution in [3.8, 4) is 5.75 Å². The molecule has 0 radical (unpaired) electrons. The van der Waals surface area contributed by atoms with E-state index in [0.717, 1.165) is 5.56 Å². The van der Waals surface area contributed by atoms with Crippen molar-refractivity contribution in [1.82, 2.24) is 10.6 Å². The minimum Gasteiger partial charge on any atom is -0.508 e. The van der Waals surface area contributed by atoms with Crippen LogP contribution >= 0.6 is 23.8 Å². The van der Waals surface area contributed by atoms with Gasteiger partial charge in [-0.2, -0.15) is 0 Å². The first kappa shape index (κ1) is 15.5. The Bertz CT molecular complexity index is 785. The number of phenols is 1. The highest BCUT2D eigenvalue weighted by Crippen LogP contribution is 2.28. The molecule has 23 heavy (non-hydrogen) atoms. The molecule has 1 heterocycles. The van der Waals surface area contributed by atoms with E-state index in [9.17, 15) is 9.90 Å². The van der Waals surface area contributed by atoms with E-state index in [1.165, 1.54) is 0 Å². The van der Waals surface area contributed by atoms with Crippen LogP contribution in [0.25, 0.3) is 0 Å². The number of phenolic OH excluding ortho intramolecular Hbond substituents is 1. The second kappa shape index (κ2) is 6.40. The summed E-state index contributed by atoms with van der Waals surface area (Å²) in [5.41, 5.74) is 1.91. The molecule has 2 aromatic rings. The van der Waals surface area contributed by atoms with Gasteiger partial charge in [-0.15, -0.1) is 0 Å². The van der Waals surface area contributed by atoms with E-state index in [1.807, 2.05) is 0 Å². The predicted molar refractivity (Wildman–Crippen MR) is 93.6 cm³/mol. The zero-order chi connectivity index (χ0) is 16.4. The molecule has 0 aliphatic carbocycles. The molecule has 3 N–H and O–H groups in total. The number of benzene rings is 2. The Morgan fingerprint density at radius 2 is 1.74 bits per heavy atom. The van der Waals surface area contributed by atoms with Crippen molar-refractivity contribution in [1.29, 1.82) is 0 Å². The lowest BCUT2D eigenvalue weighted by atomic mass is 9.92. The molecule has 0 spiro atoms. The van der Waals surface area contributed by atoms with Gasteiger partial charge in [0.05, 0.1) is 6.04 Å². The first-order valence-corrected chi connectivity index (χ1v) is 7.69.